The molecule has 0 fully saturated rings. The van der Waals surface area contributed by atoms with E-state index in [0.717, 1.165) is 5.56 Å². The molecular formula is C21H25N3O4S2. The van der Waals surface area contributed by atoms with Gasteiger partial charge in [0.05, 0.1) is 25.5 Å². The molecule has 160 valence electrons. The average Bonchev–Trinajstić information content (AvgIpc) is 3.19. The van der Waals surface area contributed by atoms with E-state index in [0.29, 0.717) is 39.8 Å². The molecule has 0 aliphatic heterocycles. The van der Waals surface area contributed by atoms with Crippen LogP contribution in [0.5, 0.6) is 11.5 Å². The number of benzene rings is 1. The van der Waals surface area contributed by atoms with Gasteiger partial charge in [-0.3, -0.25) is 14.2 Å². The Morgan fingerprint density at radius 2 is 2.00 bits per heavy atom. The second kappa shape index (κ2) is 9.99. The molecule has 0 atom stereocenters. The van der Waals surface area contributed by atoms with E-state index >= 15 is 0 Å². The summed E-state index contributed by atoms with van der Waals surface area (Å²) < 4.78 is 12.9. The van der Waals surface area contributed by atoms with Gasteiger partial charge < -0.3 is 14.8 Å². The maximum atomic E-state index is 13.1. The molecule has 0 saturated heterocycles. The molecule has 3 aromatic rings. The highest BCUT2D eigenvalue weighted by atomic mass is 32.2. The van der Waals surface area contributed by atoms with E-state index in [4.69, 9.17) is 9.47 Å². The van der Waals surface area contributed by atoms with Gasteiger partial charge in [0.15, 0.2) is 16.7 Å². The summed E-state index contributed by atoms with van der Waals surface area (Å²) in [6.07, 6.45) is 0.616. The molecule has 0 spiro atoms. The molecule has 3 rings (SSSR count). The van der Waals surface area contributed by atoms with Crippen LogP contribution in [0.1, 0.15) is 19.4 Å². The summed E-state index contributed by atoms with van der Waals surface area (Å²) in [4.78, 5) is 29.8. The monoisotopic (exact) mass is 447 g/mol. The summed E-state index contributed by atoms with van der Waals surface area (Å²) in [6, 6.07) is 7.61. The van der Waals surface area contributed by atoms with Crippen molar-refractivity contribution < 1.29 is 14.3 Å². The normalized spacial score (nSPS) is 11.1. The SMILES string of the molecule is COc1ccc(CCn2c(SCC(=O)NC(C)C)nc3ccsc3c2=O)cc1OC. The number of carbonyl (C=O) groups is 1. The molecule has 1 aromatic carbocycles. The summed E-state index contributed by atoms with van der Waals surface area (Å²) in [5, 5.41) is 5.27. The quantitative estimate of drug-likeness (QED) is 0.400. The second-order valence-electron chi connectivity index (χ2n) is 6.94. The number of hydrogen-bond acceptors (Lipinski definition) is 7. The molecule has 30 heavy (non-hydrogen) atoms. The Labute approximate surface area is 183 Å². The molecule has 0 aliphatic rings. The van der Waals surface area contributed by atoms with Gasteiger partial charge in [0.25, 0.3) is 5.56 Å². The summed E-state index contributed by atoms with van der Waals surface area (Å²) >= 11 is 2.66. The third kappa shape index (κ3) is 5.14. The fraction of sp³-hybridized carbons (Fsp3) is 0.381. The van der Waals surface area contributed by atoms with Crippen molar-refractivity contribution in [3.63, 3.8) is 0 Å². The van der Waals surface area contributed by atoms with E-state index in [1.165, 1.54) is 23.1 Å². The Morgan fingerprint density at radius 3 is 2.70 bits per heavy atom. The van der Waals surface area contributed by atoms with Crippen molar-refractivity contribution in [2.24, 2.45) is 0 Å². The molecule has 0 aliphatic carbocycles. The number of aromatic nitrogens is 2. The van der Waals surface area contributed by atoms with Gasteiger partial charge in [-0.05, 0) is 49.4 Å². The van der Waals surface area contributed by atoms with Crippen LogP contribution in [-0.4, -0.2) is 41.5 Å². The van der Waals surface area contributed by atoms with Gasteiger partial charge in [0, 0.05) is 12.6 Å². The molecule has 7 nitrogen and oxygen atoms in total. The zero-order valence-electron chi connectivity index (χ0n) is 17.4. The number of fused-ring (bicyclic) bond motifs is 1. The maximum Gasteiger partial charge on any atom is 0.272 e. The minimum atomic E-state index is -0.0823. The first-order chi connectivity index (χ1) is 14.4. The highest BCUT2D eigenvalue weighted by Gasteiger charge is 2.15. The van der Waals surface area contributed by atoms with Gasteiger partial charge in [-0.15, -0.1) is 11.3 Å². The van der Waals surface area contributed by atoms with Gasteiger partial charge >= 0.3 is 0 Å². The summed E-state index contributed by atoms with van der Waals surface area (Å²) in [5.41, 5.74) is 1.60. The first kappa shape index (κ1) is 22.2. The average molecular weight is 448 g/mol. The number of nitrogens with zero attached hydrogens (tertiary/aromatic N) is 2. The van der Waals surface area contributed by atoms with E-state index in [2.05, 4.69) is 10.3 Å². The predicted molar refractivity (Wildman–Crippen MR) is 121 cm³/mol. The van der Waals surface area contributed by atoms with Crippen molar-refractivity contribution >= 4 is 39.2 Å². The van der Waals surface area contributed by atoms with Crippen LogP contribution in [-0.2, 0) is 17.8 Å². The Morgan fingerprint density at radius 1 is 1.23 bits per heavy atom. The third-order valence-electron chi connectivity index (χ3n) is 4.38. The lowest BCUT2D eigenvalue weighted by Gasteiger charge is -2.14. The minimum absolute atomic E-state index is 0.0673. The van der Waals surface area contributed by atoms with Crippen molar-refractivity contribution in [1.82, 2.24) is 14.9 Å². The molecular weight excluding hydrogens is 422 g/mol. The molecule has 2 aromatic heterocycles. The topological polar surface area (TPSA) is 82.5 Å². The third-order valence-corrected chi connectivity index (χ3v) is 6.25. The van der Waals surface area contributed by atoms with Gasteiger partial charge in [0.2, 0.25) is 5.91 Å². The van der Waals surface area contributed by atoms with E-state index in [-0.39, 0.29) is 23.3 Å². The molecule has 0 bridgehead atoms. The molecule has 9 heteroatoms. The van der Waals surface area contributed by atoms with Crippen LogP contribution < -0.4 is 20.3 Å². The van der Waals surface area contributed by atoms with Crippen molar-refractivity contribution in [1.29, 1.82) is 0 Å². The summed E-state index contributed by atoms with van der Waals surface area (Å²) in [6.45, 7) is 4.28. The van der Waals surface area contributed by atoms with Crippen molar-refractivity contribution in [3.8, 4) is 11.5 Å². The summed E-state index contributed by atoms with van der Waals surface area (Å²) in [7, 11) is 3.19. The van der Waals surface area contributed by atoms with Crippen LogP contribution in [0.2, 0.25) is 0 Å². The van der Waals surface area contributed by atoms with Crippen LogP contribution in [0.25, 0.3) is 10.2 Å². The maximum absolute atomic E-state index is 13.1. The number of carbonyl (C=O) groups excluding carboxylic acids is 1. The molecule has 2 heterocycles. The molecule has 1 amide bonds. The van der Waals surface area contributed by atoms with Crippen LogP contribution in [0.15, 0.2) is 39.6 Å². The lowest BCUT2D eigenvalue weighted by Crippen LogP contribution is -2.32. The zero-order chi connectivity index (χ0) is 21.7. The Hall–Kier alpha value is -2.52. The molecule has 1 N–H and O–H groups in total. The smallest absolute Gasteiger partial charge is 0.272 e. The number of thiophene rings is 1. The zero-order valence-corrected chi connectivity index (χ0v) is 19.1. The Kier molecular flexibility index (Phi) is 7.38. The molecule has 0 radical (unpaired) electrons. The Balaban J connectivity index is 1.85. The van der Waals surface area contributed by atoms with Crippen molar-refractivity contribution in [2.75, 3.05) is 20.0 Å². The van der Waals surface area contributed by atoms with Crippen molar-refractivity contribution in [3.05, 3.63) is 45.6 Å². The van der Waals surface area contributed by atoms with E-state index < -0.39 is 0 Å². The number of nitrogens with one attached hydrogen (secondary N) is 1. The van der Waals surface area contributed by atoms with Crippen LogP contribution in [0.4, 0.5) is 0 Å². The number of ether oxygens (including phenoxy) is 2. The first-order valence-electron chi connectivity index (χ1n) is 9.54. The van der Waals surface area contributed by atoms with E-state index in [9.17, 15) is 9.59 Å². The second-order valence-corrected chi connectivity index (χ2v) is 8.79. The lowest BCUT2D eigenvalue weighted by atomic mass is 10.1. The summed E-state index contributed by atoms with van der Waals surface area (Å²) in [5.74, 6) is 1.43. The highest BCUT2D eigenvalue weighted by molar-refractivity contribution is 7.99. The fourth-order valence-corrected chi connectivity index (χ4v) is 4.62. The number of aryl methyl sites for hydroxylation is 1. The number of amides is 1. The van der Waals surface area contributed by atoms with Gasteiger partial charge in [-0.1, -0.05) is 17.8 Å². The predicted octanol–water partition coefficient (Wildman–Crippen LogP) is 3.33. The van der Waals surface area contributed by atoms with Crippen LogP contribution in [0.3, 0.4) is 0 Å². The van der Waals surface area contributed by atoms with Gasteiger partial charge in [0.1, 0.15) is 4.70 Å². The highest BCUT2D eigenvalue weighted by Crippen LogP contribution is 2.28. The van der Waals surface area contributed by atoms with Crippen LogP contribution in [0, 0.1) is 0 Å². The number of rotatable bonds is 9. The van der Waals surface area contributed by atoms with Crippen molar-refractivity contribution in [2.45, 2.75) is 38.0 Å². The molecule has 0 unspecified atom stereocenters. The lowest BCUT2D eigenvalue weighted by molar-refractivity contribution is -0.119. The fourth-order valence-electron chi connectivity index (χ4n) is 3.00. The number of hydrogen-bond donors (Lipinski definition) is 1. The Bertz CT molecular complexity index is 1090. The largest absolute Gasteiger partial charge is 0.493 e. The number of thioether (sulfide) groups is 1. The van der Waals surface area contributed by atoms with Gasteiger partial charge in [-0.25, -0.2) is 4.98 Å². The molecule has 0 saturated carbocycles. The number of methoxy groups -OCH3 is 2. The standard InChI is InChI=1S/C21H25N3O4S2/c1-13(2)22-18(25)12-30-21-23-15-8-10-29-19(15)20(26)24(21)9-7-14-5-6-16(27-3)17(11-14)28-4/h5-6,8,10-11,13H,7,9,12H2,1-4H3,(H,22,25). The van der Waals surface area contributed by atoms with Crippen LogP contribution >= 0.6 is 23.1 Å². The van der Waals surface area contributed by atoms with Gasteiger partial charge in [-0.2, -0.15) is 0 Å². The first-order valence-corrected chi connectivity index (χ1v) is 11.4. The van der Waals surface area contributed by atoms with E-state index in [1.807, 2.05) is 43.5 Å². The minimum Gasteiger partial charge on any atom is -0.493 e. The van der Waals surface area contributed by atoms with E-state index in [1.54, 1.807) is 18.8 Å².